The van der Waals surface area contributed by atoms with Gasteiger partial charge in [-0.05, 0) is 48.6 Å². The zero-order chi connectivity index (χ0) is 12.6. The average molecular weight is 238 g/mol. The molecule has 0 bridgehead atoms. The van der Waals surface area contributed by atoms with Crippen molar-refractivity contribution in [1.29, 1.82) is 0 Å². The average Bonchev–Trinajstić information content (AvgIpc) is 2.28. The number of rotatable bonds is 1. The maximum atomic E-state index is 13.9. The minimum absolute atomic E-state index is 0.182. The van der Waals surface area contributed by atoms with Crippen LogP contribution in [0.15, 0.2) is 12.1 Å². The van der Waals surface area contributed by atoms with Gasteiger partial charge >= 0.3 is 0 Å². The third-order valence-electron chi connectivity index (χ3n) is 4.14. The van der Waals surface area contributed by atoms with Crippen molar-refractivity contribution in [3.05, 3.63) is 34.9 Å². The number of hydrogen-bond donors (Lipinski definition) is 0. The highest BCUT2D eigenvalue weighted by atomic mass is 19.2. The van der Waals surface area contributed by atoms with Crippen molar-refractivity contribution in [2.45, 2.75) is 46.0 Å². The predicted molar refractivity (Wildman–Crippen MR) is 66.0 cm³/mol. The van der Waals surface area contributed by atoms with Gasteiger partial charge in [0.2, 0.25) is 0 Å². The smallest absolute Gasteiger partial charge is 0.162 e. The van der Waals surface area contributed by atoms with E-state index in [2.05, 4.69) is 13.8 Å². The summed E-state index contributed by atoms with van der Waals surface area (Å²) in [6.45, 7) is 5.99. The van der Waals surface area contributed by atoms with E-state index in [1.807, 2.05) is 0 Å². The van der Waals surface area contributed by atoms with E-state index in [-0.39, 0.29) is 5.92 Å². The molecule has 0 N–H and O–H groups in total. The monoisotopic (exact) mass is 238 g/mol. The van der Waals surface area contributed by atoms with Gasteiger partial charge < -0.3 is 0 Å². The third kappa shape index (κ3) is 2.36. The molecule has 2 rings (SSSR count). The van der Waals surface area contributed by atoms with Crippen molar-refractivity contribution in [3.63, 3.8) is 0 Å². The van der Waals surface area contributed by atoms with Crippen LogP contribution in [0.1, 0.15) is 50.2 Å². The van der Waals surface area contributed by atoms with Crippen molar-refractivity contribution in [3.8, 4) is 0 Å². The molecule has 3 atom stereocenters. The molecular formula is C15H20F2. The van der Waals surface area contributed by atoms with Crippen LogP contribution in [0.3, 0.4) is 0 Å². The molecule has 94 valence electrons. The van der Waals surface area contributed by atoms with Crippen molar-refractivity contribution in [2.24, 2.45) is 11.8 Å². The summed E-state index contributed by atoms with van der Waals surface area (Å²) in [7, 11) is 0. The number of aryl methyl sites for hydroxylation is 1. The van der Waals surface area contributed by atoms with Crippen molar-refractivity contribution >= 4 is 0 Å². The van der Waals surface area contributed by atoms with Gasteiger partial charge in [0.1, 0.15) is 0 Å². The number of halogens is 2. The van der Waals surface area contributed by atoms with Gasteiger partial charge in [-0.15, -0.1) is 0 Å². The van der Waals surface area contributed by atoms with Crippen LogP contribution < -0.4 is 0 Å². The normalized spacial score (nSPS) is 29.4. The second-order valence-corrected chi connectivity index (χ2v) is 5.60. The van der Waals surface area contributed by atoms with Gasteiger partial charge in [-0.2, -0.15) is 0 Å². The fraction of sp³-hybridized carbons (Fsp3) is 0.600. The van der Waals surface area contributed by atoms with Gasteiger partial charge in [0, 0.05) is 0 Å². The summed E-state index contributed by atoms with van der Waals surface area (Å²) >= 11 is 0. The maximum Gasteiger partial charge on any atom is 0.162 e. The van der Waals surface area contributed by atoms with E-state index in [4.69, 9.17) is 0 Å². The Morgan fingerprint density at radius 1 is 1.06 bits per heavy atom. The summed E-state index contributed by atoms with van der Waals surface area (Å²) in [6.07, 6.45) is 3.20. The molecule has 0 spiro atoms. The quantitative estimate of drug-likeness (QED) is 0.658. The summed E-state index contributed by atoms with van der Waals surface area (Å²) in [6, 6.07) is 3.46. The van der Waals surface area contributed by atoms with E-state index in [0.29, 0.717) is 23.0 Å². The fourth-order valence-corrected chi connectivity index (χ4v) is 3.07. The summed E-state index contributed by atoms with van der Waals surface area (Å²) in [4.78, 5) is 0. The van der Waals surface area contributed by atoms with Gasteiger partial charge in [-0.3, -0.25) is 0 Å². The minimum Gasteiger partial charge on any atom is -0.203 e. The first-order chi connectivity index (χ1) is 8.00. The molecule has 1 fully saturated rings. The van der Waals surface area contributed by atoms with E-state index >= 15 is 0 Å². The topological polar surface area (TPSA) is 0 Å². The molecule has 0 heterocycles. The molecule has 2 unspecified atom stereocenters. The predicted octanol–water partition coefficient (Wildman–Crippen LogP) is 4.81. The Kier molecular flexibility index (Phi) is 3.50. The molecule has 1 aromatic rings. The summed E-state index contributed by atoms with van der Waals surface area (Å²) < 4.78 is 27.5. The van der Waals surface area contributed by atoms with E-state index in [0.717, 1.165) is 19.3 Å². The van der Waals surface area contributed by atoms with Crippen LogP contribution in [0.4, 0.5) is 8.78 Å². The second kappa shape index (κ2) is 4.75. The molecule has 2 heteroatoms. The standard InChI is InChI=1S/C15H20F2/c1-9-4-6-12(11(3)8-9)13-7-5-10(2)14(16)15(13)17/h5,7,9,11-12H,4,6,8H2,1-3H3/t9?,11-,12?/m1/s1. The Balaban J connectivity index is 2.31. The number of benzene rings is 1. The van der Waals surface area contributed by atoms with Crippen LogP contribution in [-0.2, 0) is 0 Å². The summed E-state index contributed by atoms with van der Waals surface area (Å²) in [5.74, 6) is 0.0287. The molecule has 0 radical (unpaired) electrons. The van der Waals surface area contributed by atoms with E-state index in [1.54, 1.807) is 19.1 Å². The van der Waals surface area contributed by atoms with Crippen LogP contribution in [0.5, 0.6) is 0 Å². The zero-order valence-corrected chi connectivity index (χ0v) is 10.8. The molecule has 17 heavy (non-hydrogen) atoms. The zero-order valence-electron chi connectivity index (χ0n) is 10.8. The van der Waals surface area contributed by atoms with Crippen molar-refractivity contribution in [1.82, 2.24) is 0 Å². The van der Waals surface area contributed by atoms with Crippen LogP contribution in [-0.4, -0.2) is 0 Å². The molecule has 1 saturated carbocycles. The molecule has 0 amide bonds. The highest BCUT2D eigenvalue weighted by Gasteiger charge is 2.29. The largest absolute Gasteiger partial charge is 0.203 e. The summed E-state index contributed by atoms with van der Waals surface area (Å²) in [5, 5.41) is 0. The highest BCUT2D eigenvalue weighted by Crippen LogP contribution is 2.41. The van der Waals surface area contributed by atoms with E-state index < -0.39 is 11.6 Å². The first-order valence-electron chi connectivity index (χ1n) is 6.45. The van der Waals surface area contributed by atoms with Gasteiger partial charge in [0.05, 0.1) is 0 Å². The Bertz CT molecular complexity index is 412. The summed E-state index contributed by atoms with van der Waals surface area (Å²) in [5.41, 5.74) is 0.968. The Morgan fingerprint density at radius 3 is 2.41 bits per heavy atom. The Morgan fingerprint density at radius 2 is 1.76 bits per heavy atom. The van der Waals surface area contributed by atoms with Crippen molar-refractivity contribution in [2.75, 3.05) is 0 Å². The maximum absolute atomic E-state index is 13.9. The lowest BCUT2D eigenvalue weighted by Crippen LogP contribution is -2.21. The minimum atomic E-state index is -0.673. The first-order valence-corrected chi connectivity index (χ1v) is 6.45. The lowest BCUT2D eigenvalue weighted by molar-refractivity contribution is 0.256. The van der Waals surface area contributed by atoms with Crippen LogP contribution >= 0.6 is 0 Å². The molecule has 0 saturated heterocycles. The first kappa shape index (κ1) is 12.5. The van der Waals surface area contributed by atoms with Crippen molar-refractivity contribution < 1.29 is 8.78 Å². The molecule has 1 aliphatic carbocycles. The van der Waals surface area contributed by atoms with Gasteiger partial charge in [-0.1, -0.05) is 32.4 Å². The molecule has 1 aromatic carbocycles. The van der Waals surface area contributed by atoms with Gasteiger partial charge in [0.15, 0.2) is 11.6 Å². The van der Waals surface area contributed by atoms with Gasteiger partial charge in [-0.25, -0.2) is 8.78 Å². The SMILES string of the molecule is Cc1ccc(C2CCC(C)C[C@H]2C)c(F)c1F. The fourth-order valence-electron chi connectivity index (χ4n) is 3.07. The van der Waals surface area contributed by atoms with E-state index in [1.165, 1.54) is 0 Å². The van der Waals surface area contributed by atoms with Crippen LogP contribution in [0.2, 0.25) is 0 Å². The third-order valence-corrected chi connectivity index (χ3v) is 4.14. The van der Waals surface area contributed by atoms with Gasteiger partial charge in [0.25, 0.3) is 0 Å². The highest BCUT2D eigenvalue weighted by molar-refractivity contribution is 5.29. The lowest BCUT2D eigenvalue weighted by atomic mass is 9.72. The Hall–Kier alpha value is -0.920. The van der Waals surface area contributed by atoms with Crippen LogP contribution in [0.25, 0.3) is 0 Å². The molecule has 0 aromatic heterocycles. The second-order valence-electron chi connectivity index (χ2n) is 5.60. The molecular weight excluding hydrogens is 218 g/mol. The Labute approximate surface area is 102 Å². The van der Waals surface area contributed by atoms with Crippen LogP contribution in [0, 0.1) is 30.4 Å². The molecule has 0 nitrogen and oxygen atoms in total. The molecule has 0 aliphatic heterocycles. The number of hydrogen-bond acceptors (Lipinski definition) is 0. The van der Waals surface area contributed by atoms with E-state index in [9.17, 15) is 8.78 Å². The lowest BCUT2D eigenvalue weighted by Gasteiger charge is -2.33. The molecule has 1 aliphatic rings.